The summed E-state index contributed by atoms with van der Waals surface area (Å²) >= 11 is 0. The summed E-state index contributed by atoms with van der Waals surface area (Å²) in [6, 6.07) is 4.61. The van der Waals surface area contributed by atoms with Gasteiger partial charge in [-0.1, -0.05) is 24.6 Å². The Labute approximate surface area is 81.0 Å². The highest BCUT2D eigenvalue weighted by atomic mass is 14.6. The van der Waals surface area contributed by atoms with Crippen LogP contribution in [-0.4, -0.2) is 0 Å². The van der Waals surface area contributed by atoms with E-state index in [-0.39, 0.29) is 6.04 Å². The largest absolute Gasteiger partial charge is 0.324 e. The molecule has 1 heteroatoms. The molecule has 1 atom stereocenters. The van der Waals surface area contributed by atoms with Crippen LogP contribution in [0.3, 0.4) is 0 Å². The van der Waals surface area contributed by atoms with Crippen molar-refractivity contribution in [2.75, 3.05) is 0 Å². The van der Waals surface area contributed by atoms with E-state index in [9.17, 15) is 0 Å². The van der Waals surface area contributed by atoms with E-state index in [4.69, 9.17) is 5.73 Å². The SMILES string of the molecule is CC[C@H](N)c1c(C)cc(C)cc1C. The molecule has 0 aliphatic carbocycles. The lowest BCUT2D eigenvalue weighted by atomic mass is 9.93. The molecule has 0 saturated carbocycles. The molecular formula is C12H19N. The first-order chi connectivity index (χ1) is 6.06. The van der Waals surface area contributed by atoms with Crippen LogP contribution in [-0.2, 0) is 0 Å². The smallest absolute Gasteiger partial charge is 0.0297 e. The van der Waals surface area contributed by atoms with Crippen molar-refractivity contribution in [2.24, 2.45) is 5.73 Å². The molecule has 0 fully saturated rings. The van der Waals surface area contributed by atoms with E-state index >= 15 is 0 Å². The van der Waals surface area contributed by atoms with Gasteiger partial charge in [-0.25, -0.2) is 0 Å². The molecule has 0 bridgehead atoms. The van der Waals surface area contributed by atoms with Gasteiger partial charge in [0, 0.05) is 6.04 Å². The van der Waals surface area contributed by atoms with Gasteiger partial charge in [-0.2, -0.15) is 0 Å². The van der Waals surface area contributed by atoms with Gasteiger partial charge in [0.25, 0.3) is 0 Å². The Balaban J connectivity index is 3.20. The summed E-state index contributed by atoms with van der Waals surface area (Å²) < 4.78 is 0. The maximum atomic E-state index is 6.05. The summed E-state index contributed by atoms with van der Waals surface area (Å²) in [7, 11) is 0. The van der Waals surface area contributed by atoms with Crippen LogP contribution in [0.4, 0.5) is 0 Å². The fourth-order valence-electron chi connectivity index (χ4n) is 1.98. The number of nitrogens with two attached hydrogens (primary N) is 1. The summed E-state index contributed by atoms with van der Waals surface area (Å²) in [4.78, 5) is 0. The highest BCUT2D eigenvalue weighted by molar-refractivity contribution is 5.39. The van der Waals surface area contributed by atoms with Gasteiger partial charge in [0.15, 0.2) is 0 Å². The standard InChI is InChI=1S/C12H19N/c1-5-11(13)12-9(3)6-8(2)7-10(12)4/h6-7,11H,5,13H2,1-4H3/t11-/m0/s1. The molecule has 0 radical (unpaired) electrons. The van der Waals surface area contributed by atoms with Gasteiger partial charge in [0.05, 0.1) is 0 Å². The molecule has 1 aromatic rings. The molecule has 72 valence electrons. The molecule has 0 aliphatic rings. The lowest BCUT2D eigenvalue weighted by Crippen LogP contribution is -2.12. The molecule has 1 nitrogen and oxygen atoms in total. The number of hydrogen-bond acceptors (Lipinski definition) is 1. The zero-order valence-electron chi connectivity index (χ0n) is 9.02. The highest BCUT2D eigenvalue weighted by Gasteiger charge is 2.09. The lowest BCUT2D eigenvalue weighted by Gasteiger charge is -2.16. The predicted octanol–water partition coefficient (Wildman–Crippen LogP) is 3.02. The fraction of sp³-hybridized carbons (Fsp3) is 0.500. The maximum Gasteiger partial charge on any atom is 0.0297 e. The molecular weight excluding hydrogens is 158 g/mol. The van der Waals surface area contributed by atoms with Gasteiger partial charge < -0.3 is 5.73 Å². The number of hydrogen-bond donors (Lipinski definition) is 1. The maximum absolute atomic E-state index is 6.05. The summed E-state index contributed by atoms with van der Waals surface area (Å²) in [5.41, 5.74) is 11.3. The van der Waals surface area contributed by atoms with Crippen LogP contribution in [0, 0.1) is 20.8 Å². The number of aryl methyl sites for hydroxylation is 3. The van der Waals surface area contributed by atoms with Crippen LogP contribution >= 0.6 is 0 Å². The minimum absolute atomic E-state index is 0.195. The quantitative estimate of drug-likeness (QED) is 0.738. The average molecular weight is 177 g/mol. The van der Waals surface area contributed by atoms with E-state index in [2.05, 4.69) is 39.8 Å². The Morgan fingerprint density at radius 1 is 1.15 bits per heavy atom. The van der Waals surface area contributed by atoms with Crippen molar-refractivity contribution in [1.82, 2.24) is 0 Å². The molecule has 0 spiro atoms. The van der Waals surface area contributed by atoms with Gasteiger partial charge >= 0.3 is 0 Å². The minimum atomic E-state index is 0.195. The van der Waals surface area contributed by atoms with Crippen LogP contribution in [0.1, 0.15) is 41.6 Å². The normalized spacial score (nSPS) is 13.0. The van der Waals surface area contributed by atoms with Crippen molar-refractivity contribution >= 4 is 0 Å². The second-order valence-electron chi connectivity index (χ2n) is 3.83. The first-order valence-electron chi connectivity index (χ1n) is 4.89. The van der Waals surface area contributed by atoms with Crippen molar-refractivity contribution in [3.8, 4) is 0 Å². The van der Waals surface area contributed by atoms with Crippen molar-refractivity contribution in [2.45, 2.75) is 40.2 Å². The first kappa shape index (κ1) is 10.3. The average Bonchev–Trinajstić information content (AvgIpc) is 2.02. The molecule has 0 aromatic heterocycles. The summed E-state index contributed by atoms with van der Waals surface area (Å²) in [5.74, 6) is 0. The molecule has 0 aliphatic heterocycles. The highest BCUT2D eigenvalue weighted by Crippen LogP contribution is 2.23. The minimum Gasteiger partial charge on any atom is -0.324 e. The van der Waals surface area contributed by atoms with Crippen LogP contribution in [0.2, 0.25) is 0 Å². The van der Waals surface area contributed by atoms with Crippen molar-refractivity contribution < 1.29 is 0 Å². The van der Waals surface area contributed by atoms with Gasteiger partial charge in [-0.3, -0.25) is 0 Å². The second kappa shape index (κ2) is 3.93. The Morgan fingerprint density at radius 2 is 1.62 bits per heavy atom. The van der Waals surface area contributed by atoms with Crippen LogP contribution in [0.15, 0.2) is 12.1 Å². The first-order valence-corrected chi connectivity index (χ1v) is 4.89. The molecule has 0 amide bonds. The Bertz CT molecular complexity index is 279. The lowest BCUT2D eigenvalue weighted by molar-refractivity contribution is 0.688. The zero-order chi connectivity index (χ0) is 10.0. The van der Waals surface area contributed by atoms with Gasteiger partial charge in [0.2, 0.25) is 0 Å². The molecule has 0 unspecified atom stereocenters. The molecule has 0 heterocycles. The van der Waals surface area contributed by atoms with E-state index in [1.807, 2.05) is 0 Å². The predicted molar refractivity (Wildman–Crippen MR) is 57.9 cm³/mol. The third-order valence-corrected chi connectivity index (χ3v) is 2.55. The van der Waals surface area contributed by atoms with E-state index in [0.717, 1.165) is 6.42 Å². The van der Waals surface area contributed by atoms with E-state index in [1.54, 1.807) is 0 Å². The summed E-state index contributed by atoms with van der Waals surface area (Å²) in [6.07, 6.45) is 1.00. The molecule has 2 N–H and O–H groups in total. The van der Waals surface area contributed by atoms with E-state index < -0.39 is 0 Å². The Kier molecular flexibility index (Phi) is 3.10. The van der Waals surface area contributed by atoms with E-state index in [1.165, 1.54) is 22.3 Å². The Morgan fingerprint density at radius 3 is 2.00 bits per heavy atom. The van der Waals surface area contributed by atoms with Crippen molar-refractivity contribution in [3.63, 3.8) is 0 Å². The molecule has 0 saturated heterocycles. The fourth-order valence-corrected chi connectivity index (χ4v) is 1.98. The second-order valence-corrected chi connectivity index (χ2v) is 3.83. The van der Waals surface area contributed by atoms with Crippen molar-refractivity contribution in [1.29, 1.82) is 0 Å². The van der Waals surface area contributed by atoms with Gasteiger partial charge in [-0.05, 0) is 43.9 Å². The molecule has 1 rings (SSSR count). The number of benzene rings is 1. The van der Waals surface area contributed by atoms with Crippen LogP contribution in [0.5, 0.6) is 0 Å². The van der Waals surface area contributed by atoms with Crippen molar-refractivity contribution in [3.05, 3.63) is 34.4 Å². The van der Waals surface area contributed by atoms with Gasteiger partial charge in [-0.15, -0.1) is 0 Å². The third-order valence-electron chi connectivity index (χ3n) is 2.55. The zero-order valence-corrected chi connectivity index (χ0v) is 9.02. The van der Waals surface area contributed by atoms with E-state index in [0.29, 0.717) is 0 Å². The molecule has 13 heavy (non-hydrogen) atoms. The summed E-state index contributed by atoms with van der Waals surface area (Å²) in [5, 5.41) is 0. The van der Waals surface area contributed by atoms with Crippen LogP contribution < -0.4 is 5.73 Å². The van der Waals surface area contributed by atoms with Gasteiger partial charge in [0.1, 0.15) is 0 Å². The third kappa shape index (κ3) is 2.10. The number of rotatable bonds is 2. The Hall–Kier alpha value is -0.820. The monoisotopic (exact) mass is 177 g/mol. The topological polar surface area (TPSA) is 26.0 Å². The summed E-state index contributed by atoms with van der Waals surface area (Å²) in [6.45, 7) is 8.54. The van der Waals surface area contributed by atoms with Crippen LogP contribution in [0.25, 0.3) is 0 Å². The molecule has 1 aromatic carbocycles.